The average Bonchev–Trinajstić information content (AvgIpc) is 2.43. The summed E-state index contributed by atoms with van der Waals surface area (Å²) in [5, 5.41) is 0. The van der Waals surface area contributed by atoms with Crippen LogP contribution in [0.15, 0.2) is 12.4 Å². The van der Waals surface area contributed by atoms with Gasteiger partial charge in [0, 0.05) is 32.5 Å². The van der Waals surface area contributed by atoms with Crippen molar-refractivity contribution in [1.29, 1.82) is 0 Å². The number of hydrogen-bond donors (Lipinski definition) is 0. The van der Waals surface area contributed by atoms with Crippen LogP contribution in [0.3, 0.4) is 0 Å². The molecule has 0 spiro atoms. The Morgan fingerprint density at radius 1 is 1.15 bits per heavy atom. The minimum atomic E-state index is 1.13. The zero-order valence-corrected chi connectivity index (χ0v) is 8.24. The lowest BCUT2D eigenvalue weighted by Gasteiger charge is -2.20. The highest BCUT2D eigenvalue weighted by Crippen LogP contribution is 2.16. The third kappa shape index (κ3) is 1.85. The van der Waals surface area contributed by atoms with Gasteiger partial charge in [0.25, 0.3) is 0 Å². The third-order valence-corrected chi connectivity index (χ3v) is 2.68. The first-order valence-electron chi connectivity index (χ1n) is 5.10. The Morgan fingerprint density at radius 3 is 2.38 bits per heavy atom. The second-order valence-electron chi connectivity index (χ2n) is 3.74. The molecular weight excluding hydrogens is 162 g/mol. The highest BCUT2D eigenvalue weighted by atomic mass is 15.3. The minimum Gasteiger partial charge on any atom is -0.342 e. The van der Waals surface area contributed by atoms with Crippen molar-refractivity contribution in [3.8, 4) is 0 Å². The smallest absolute Gasteiger partial charge is 0.205 e. The van der Waals surface area contributed by atoms with Crippen LogP contribution in [0.5, 0.6) is 0 Å². The van der Waals surface area contributed by atoms with Gasteiger partial charge in [-0.1, -0.05) is 12.8 Å². The molecule has 3 nitrogen and oxygen atoms in total. The fourth-order valence-corrected chi connectivity index (χ4v) is 1.93. The Bertz CT molecular complexity index is 259. The fourth-order valence-electron chi connectivity index (χ4n) is 1.93. The number of anilines is 1. The molecule has 0 amide bonds. The quantitative estimate of drug-likeness (QED) is 0.655. The number of aromatic nitrogens is 2. The highest BCUT2D eigenvalue weighted by molar-refractivity contribution is 5.30. The molecule has 0 N–H and O–H groups in total. The largest absolute Gasteiger partial charge is 0.342 e. The summed E-state index contributed by atoms with van der Waals surface area (Å²) in [6.07, 6.45) is 9.27. The van der Waals surface area contributed by atoms with E-state index in [0.717, 1.165) is 5.95 Å². The Hall–Kier alpha value is -0.990. The minimum absolute atomic E-state index is 1.13. The summed E-state index contributed by atoms with van der Waals surface area (Å²) in [7, 11) is 2.06. The third-order valence-electron chi connectivity index (χ3n) is 2.68. The predicted molar refractivity (Wildman–Crippen MR) is 53.9 cm³/mol. The first kappa shape index (κ1) is 8.60. The lowest BCUT2D eigenvalue weighted by Crippen LogP contribution is -2.26. The number of hydrogen-bond acceptors (Lipinski definition) is 2. The van der Waals surface area contributed by atoms with Crippen molar-refractivity contribution in [2.45, 2.75) is 25.7 Å². The van der Waals surface area contributed by atoms with Crippen molar-refractivity contribution in [3.05, 3.63) is 12.4 Å². The second kappa shape index (κ2) is 3.81. The van der Waals surface area contributed by atoms with Gasteiger partial charge >= 0.3 is 0 Å². The van der Waals surface area contributed by atoms with Crippen LogP contribution in [-0.2, 0) is 7.05 Å². The van der Waals surface area contributed by atoms with E-state index in [1.807, 2.05) is 12.4 Å². The van der Waals surface area contributed by atoms with Crippen molar-refractivity contribution >= 4 is 5.95 Å². The molecule has 1 aromatic heterocycles. The van der Waals surface area contributed by atoms with Gasteiger partial charge in [-0.05, 0) is 12.8 Å². The van der Waals surface area contributed by atoms with Crippen molar-refractivity contribution in [2.24, 2.45) is 7.05 Å². The summed E-state index contributed by atoms with van der Waals surface area (Å²) >= 11 is 0. The second-order valence-corrected chi connectivity index (χ2v) is 3.74. The van der Waals surface area contributed by atoms with E-state index in [4.69, 9.17) is 0 Å². The molecular formula is C10H17N3. The van der Waals surface area contributed by atoms with E-state index in [1.165, 1.54) is 38.8 Å². The normalized spacial score (nSPS) is 18.7. The molecule has 0 radical (unpaired) electrons. The van der Waals surface area contributed by atoms with E-state index in [1.54, 1.807) is 0 Å². The maximum Gasteiger partial charge on any atom is 0.205 e. The molecule has 1 saturated heterocycles. The molecule has 0 bridgehead atoms. The standard InChI is InChI=1S/C10H17N3/c1-12-9-6-11-10(12)13-7-4-2-3-5-8-13/h6,9H,2-5,7-8H2,1H3. The number of imidazole rings is 1. The lowest BCUT2D eigenvalue weighted by atomic mass is 10.2. The van der Waals surface area contributed by atoms with E-state index in [2.05, 4.69) is 21.5 Å². The van der Waals surface area contributed by atoms with Crippen LogP contribution in [0.4, 0.5) is 5.95 Å². The van der Waals surface area contributed by atoms with Crippen LogP contribution in [0.25, 0.3) is 0 Å². The number of nitrogens with zero attached hydrogens (tertiary/aromatic N) is 3. The molecule has 72 valence electrons. The Labute approximate surface area is 79.4 Å². The molecule has 1 aliphatic rings. The number of rotatable bonds is 1. The van der Waals surface area contributed by atoms with E-state index in [-0.39, 0.29) is 0 Å². The maximum atomic E-state index is 4.37. The first-order valence-corrected chi connectivity index (χ1v) is 5.10. The fraction of sp³-hybridized carbons (Fsp3) is 0.700. The molecule has 1 fully saturated rings. The van der Waals surface area contributed by atoms with Crippen LogP contribution in [0.1, 0.15) is 25.7 Å². The van der Waals surface area contributed by atoms with Gasteiger partial charge in [0.1, 0.15) is 0 Å². The lowest BCUT2D eigenvalue weighted by molar-refractivity contribution is 0.726. The molecule has 0 unspecified atom stereocenters. The van der Waals surface area contributed by atoms with Gasteiger partial charge in [-0.2, -0.15) is 0 Å². The van der Waals surface area contributed by atoms with E-state index >= 15 is 0 Å². The van der Waals surface area contributed by atoms with Gasteiger partial charge in [-0.15, -0.1) is 0 Å². The van der Waals surface area contributed by atoms with Crippen LogP contribution < -0.4 is 4.90 Å². The van der Waals surface area contributed by atoms with Crippen molar-refractivity contribution in [2.75, 3.05) is 18.0 Å². The molecule has 0 aliphatic carbocycles. The van der Waals surface area contributed by atoms with Gasteiger partial charge in [0.15, 0.2) is 0 Å². The summed E-state index contributed by atoms with van der Waals surface area (Å²) in [4.78, 5) is 6.77. The Kier molecular flexibility index (Phi) is 2.52. The maximum absolute atomic E-state index is 4.37. The van der Waals surface area contributed by atoms with Crippen LogP contribution in [0, 0.1) is 0 Å². The SMILES string of the molecule is Cn1ccnc1N1CCCCCC1. The molecule has 13 heavy (non-hydrogen) atoms. The van der Waals surface area contributed by atoms with Gasteiger partial charge in [-0.3, -0.25) is 0 Å². The monoisotopic (exact) mass is 179 g/mol. The molecule has 1 aromatic rings. The average molecular weight is 179 g/mol. The van der Waals surface area contributed by atoms with E-state index in [0.29, 0.717) is 0 Å². The van der Waals surface area contributed by atoms with Gasteiger partial charge in [-0.25, -0.2) is 4.98 Å². The van der Waals surface area contributed by atoms with Crippen LogP contribution in [0.2, 0.25) is 0 Å². The van der Waals surface area contributed by atoms with E-state index in [9.17, 15) is 0 Å². The van der Waals surface area contributed by atoms with Gasteiger partial charge < -0.3 is 9.47 Å². The Morgan fingerprint density at radius 2 is 1.85 bits per heavy atom. The molecule has 1 aliphatic heterocycles. The molecule has 0 aromatic carbocycles. The van der Waals surface area contributed by atoms with Crippen molar-refractivity contribution in [3.63, 3.8) is 0 Å². The van der Waals surface area contributed by atoms with Crippen molar-refractivity contribution < 1.29 is 0 Å². The van der Waals surface area contributed by atoms with Gasteiger partial charge in [0.2, 0.25) is 5.95 Å². The molecule has 0 atom stereocenters. The summed E-state index contributed by atoms with van der Waals surface area (Å²) in [5.41, 5.74) is 0. The van der Waals surface area contributed by atoms with Crippen LogP contribution >= 0.6 is 0 Å². The summed E-state index contributed by atoms with van der Waals surface area (Å²) < 4.78 is 2.10. The molecule has 3 heteroatoms. The topological polar surface area (TPSA) is 21.1 Å². The molecule has 2 rings (SSSR count). The molecule has 2 heterocycles. The summed E-state index contributed by atoms with van der Waals surface area (Å²) in [5.74, 6) is 1.13. The van der Waals surface area contributed by atoms with Crippen LogP contribution in [-0.4, -0.2) is 22.6 Å². The zero-order valence-electron chi connectivity index (χ0n) is 8.24. The van der Waals surface area contributed by atoms with Crippen molar-refractivity contribution in [1.82, 2.24) is 9.55 Å². The van der Waals surface area contributed by atoms with Gasteiger partial charge in [0.05, 0.1) is 0 Å². The number of aryl methyl sites for hydroxylation is 1. The Balaban J connectivity index is 2.10. The summed E-state index contributed by atoms with van der Waals surface area (Å²) in [6.45, 7) is 2.34. The first-order chi connectivity index (χ1) is 6.38. The summed E-state index contributed by atoms with van der Waals surface area (Å²) in [6, 6.07) is 0. The molecule has 0 saturated carbocycles. The predicted octanol–water partition coefficient (Wildman–Crippen LogP) is 1.80. The zero-order chi connectivity index (χ0) is 9.10. The van der Waals surface area contributed by atoms with E-state index < -0.39 is 0 Å². The highest BCUT2D eigenvalue weighted by Gasteiger charge is 2.12.